The van der Waals surface area contributed by atoms with E-state index in [4.69, 9.17) is 11.6 Å². The fourth-order valence-corrected chi connectivity index (χ4v) is 2.20. The molecule has 0 saturated heterocycles. The lowest BCUT2D eigenvalue weighted by Crippen LogP contribution is -2.04. The van der Waals surface area contributed by atoms with Gasteiger partial charge in [0.2, 0.25) is 0 Å². The van der Waals surface area contributed by atoms with Crippen LogP contribution in [0.4, 0.5) is 17.6 Å². The van der Waals surface area contributed by atoms with Crippen LogP contribution in [0.5, 0.6) is 5.75 Å². The van der Waals surface area contributed by atoms with E-state index < -0.39 is 23.6 Å². The number of benzene rings is 2. The molecule has 0 radical (unpaired) electrons. The Morgan fingerprint density at radius 1 is 1.05 bits per heavy atom. The van der Waals surface area contributed by atoms with Crippen LogP contribution < -0.4 is 4.74 Å². The smallest absolute Gasteiger partial charge is 0.387 e. The monoisotopic (exact) mass is 318 g/mol. The van der Waals surface area contributed by atoms with Crippen LogP contribution in [0.25, 0.3) is 0 Å². The van der Waals surface area contributed by atoms with E-state index in [1.807, 2.05) is 0 Å². The van der Waals surface area contributed by atoms with Crippen molar-refractivity contribution in [3.8, 4) is 5.75 Å². The molecule has 0 aliphatic heterocycles. The summed E-state index contributed by atoms with van der Waals surface area (Å²) in [5.41, 5.74) is 0.605. The minimum atomic E-state index is -2.94. The van der Waals surface area contributed by atoms with Gasteiger partial charge in [0.05, 0.1) is 5.38 Å². The normalized spacial score (nSPS) is 12.5. The summed E-state index contributed by atoms with van der Waals surface area (Å²) in [6.07, 6.45) is 0.0310. The predicted octanol–water partition coefficient (Wildman–Crippen LogP) is 5.09. The van der Waals surface area contributed by atoms with Gasteiger partial charge in [-0.15, -0.1) is 11.6 Å². The standard InChI is InChI=1S/C15H11ClF4O/c16-12(8-10-4-2-6-13(17)14(10)18)9-3-1-5-11(7-9)21-15(19)20/h1-7,12,15H,8H2. The van der Waals surface area contributed by atoms with Crippen molar-refractivity contribution in [1.29, 1.82) is 0 Å². The van der Waals surface area contributed by atoms with Crippen molar-refractivity contribution in [2.75, 3.05) is 0 Å². The second kappa shape index (κ2) is 6.80. The van der Waals surface area contributed by atoms with E-state index in [-0.39, 0.29) is 17.7 Å². The number of hydrogen-bond acceptors (Lipinski definition) is 1. The SMILES string of the molecule is Fc1cccc(CC(Cl)c2cccc(OC(F)F)c2)c1F. The molecule has 1 nitrogen and oxygen atoms in total. The maximum atomic E-state index is 13.6. The zero-order valence-electron chi connectivity index (χ0n) is 10.7. The molecule has 6 heteroatoms. The molecule has 0 saturated carbocycles. The summed E-state index contributed by atoms with van der Waals surface area (Å²) in [7, 11) is 0. The van der Waals surface area contributed by atoms with Gasteiger partial charge in [-0.25, -0.2) is 8.78 Å². The van der Waals surface area contributed by atoms with Crippen molar-refractivity contribution in [2.45, 2.75) is 18.4 Å². The second-order valence-electron chi connectivity index (χ2n) is 4.34. The first kappa shape index (κ1) is 15.6. The van der Waals surface area contributed by atoms with Crippen LogP contribution in [-0.2, 0) is 6.42 Å². The first-order valence-electron chi connectivity index (χ1n) is 6.09. The van der Waals surface area contributed by atoms with Crippen LogP contribution in [0.3, 0.4) is 0 Å². The summed E-state index contributed by atoms with van der Waals surface area (Å²) in [5, 5.41) is -0.692. The summed E-state index contributed by atoms with van der Waals surface area (Å²) < 4.78 is 55.3. The van der Waals surface area contributed by atoms with Crippen LogP contribution in [0, 0.1) is 11.6 Å². The Bertz CT molecular complexity index is 618. The van der Waals surface area contributed by atoms with Gasteiger partial charge in [-0.05, 0) is 35.7 Å². The fourth-order valence-electron chi connectivity index (χ4n) is 1.90. The Labute approximate surface area is 124 Å². The summed E-state index contributed by atoms with van der Waals surface area (Å²) in [4.78, 5) is 0. The number of hydrogen-bond donors (Lipinski definition) is 0. The highest BCUT2D eigenvalue weighted by Crippen LogP contribution is 2.29. The summed E-state index contributed by atoms with van der Waals surface area (Å²) >= 11 is 6.14. The Morgan fingerprint density at radius 3 is 2.48 bits per heavy atom. The van der Waals surface area contributed by atoms with E-state index in [9.17, 15) is 17.6 Å². The Kier molecular flexibility index (Phi) is 5.07. The quantitative estimate of drug-likeness (QED) is 0.551. The molecule has 1 atom stereocenters. The van der Waals surface area contributed by atoms with Gasteiger partial charge in [-0.1, -0.05) is 24.3 Å². The van der Waals surface area contributed by atoms with Crippen molar-refractivity contribution in [3.05, 3.63) is 65.2 Å². The van der Waals surface area contributed by atoms with Gasteiger partial charge in [0.15, 0.2) is 11.6 Å². The lowest BCUT2D eigenvalue weighted by Gasteiger charge is -2.12. The molecule has 0 bridgehead atoms. The van der Waals surface area contributed by atoms with E-state index in [2.05, 4.69) is 4.74 Å². The number of ether oxygens (including phenoxy) is 1. The number of halogens is 5. The van der Waals surface area contributed by atoms with E-state index in [0.717, 1.165) is 6.07 Å². The van der Waals surface area contributed by atoms with Crippen molar-refractivity contribution >= 4 is 11.6 Å². The molecular weight excluding hydrogens is 308 g/mol. The molecule has 0 heterocycles. The largest absolute Gasteiger partial charge is 0.435 e. The van der Waals surface area contributed by atoms with Crippen molar-refractivity contribution < 1.29 is 22.3 Å². The minimum Gasteiger partial charge on any atom is -0.435 e. The van der Waals surface area contributed by atoms with Crippen LogP contribution in [0.1, 0.15) is 16.5 Å². The zero-order chi connectivity index (χ0) is 15.4. The van der Waals surface area contributed by atoms with Gasteiger partial charge in [-0.2, -0.15) is 8.78 Å². The molecule has 112 valence electrons. The van der Waals surface area contributed by atoms with Crippen molar-refractivity contribution in [2.24, 2.45) is 0 Å². The molecule has 0 aliphatic carbocycles. The Morgan fingerprint density at radius 2 is 1.76 bits per heavy atom. The van der Waals surface area contributed by atoms with E-state index in [0.29, 0.717) is 5.56 Å². The molecule has 0 spiro atoms. The first-order chi connectivity index (χ1) is 9.97. The van der Waals surface area contributed by atoms with E-state index >= 15 is 0 Å². The van der Waals surface area contributed by atoms with Gasteiger partial charge < -0.3 is 4.74 Å². The third-order valence-electron chi connectivity index (χ3n) is 2.88. The molecular formula is C15H11ClF4O. The molecule has 2 aromatic carbocycles. The average Bonchev–Trinajstić information content (AvgIpc) is 2.43. The number of rotatable bonds is 5. The highest BCUT2D eigenvalue weighted by Gasteiger charge is 2.15. The second-order valence-corrected chi connectivity index (χ2v) is 4.86. The molecule has 0 aromatic heterocycles. The highest BCUT2D eigenvalue weighted by atomic mass is 35.5. The zero-order valence-corrected chi connectivity index (χ0v) is 11.5. The lowest BCUT2D eigenvalue weighted by molar-refractivity contribution is -0.0498. The first-order valence-corrected chi connectivity index (χ1v) is 6.52. The predicted molar refractivity (Wildman–Crippen MR) is 71.7 cm³/mol. The van der Waals surface area contributed by atoms with Gasteiger partial charge >= 0.3 is 6.61 Å². The molecule has 0 amide bonds. The third-order valence-corrected chi connectivity index (χ3v) is 3.28. The molecule has 2 aromatic rings. The fraction of sp³-hybridized carbons (Fsp3) is 0.200. The highest BCUT2D eigenvalue weighted by molar-refractivity contribution is 6.20. The van der Waals surface area contributed by atoms with Crippen LogP contribution >= 0.6 is 11.6 Å². The topological polar surface area (TPSA) is 9.23 Å². The maximum Gasteiger partial charge on any atom is 0.387 e. The number of alkyl halides is 3. The summed E-state index contributed by atoms with van der Waals surface area (Å²) in [6.45, 7) is -2.94. The van der Waals surface area contributed by atoms with E-state index in [1.54, 1.807) is 6.07 Å². The van der Waals surface area contributed by atoms with E-state index in [1.165, 1.54) is 30.3 Å². The average molecular weight is 319 g/mol. The van der Waals surface area contributed by atoms with Crippen molar-refractivity contribution in [3.63, 3.8) is 0 Å². The van der Waals surface area contributed by atoms with Crippen LogP contribution in [-0.4, -0.2) is 6.61 Å². The molecule has 2 rings (SSSR count). The molecule has 1 unspecified atom stereocenters. The van der Waals surface area contributed by atoms with Crippen LogP contribution in [0.2, 0.25) is 0 Å². The van der Waals surface area contributed by atoms with Gasteiger partial charge in [0.1, 0.15) is 5.75 Å². The third kappa shape index (κ3) is 4.11. The molecule has 0 N–H and O–H groups in total. The maximum absolute atomic E-state index is 13.6. The molecule has 21 heavy (non-hydrogen) atoms. The van der Waals surface area contributed by atoms with Crippen LogP contribution in [0.15, 0.2) is 42.5 Å². The minimum absolute atomic E-state index is 0.0310. The van der Waals surface area contributed by atoms with Gasteiger partial charge in [-0.3, -0.25) is 0 Å². The molecule has 0 aliphatic rings. The van der Waals surface area contributed by atoms with Gasteiger partial charge in [0, 0.05) is 0 Å². The summed E-state index contributed by atoms with van der Waals surface area (Å²) in [6, 6.07) is 9.64. The summed E-state index contributed by atoms with van der Waals surface area (Å²) in [5.74, 6) is -1.94. The van der Waals surface area contributed by atoms with Crippen molar-refractivity contribution in [1.82, 2.24) is 0 Å². The molecule has 0 fully saturated rings. The van der Waals surface area contributed by atoms with Gasteiger partial charge in [0.25, 0.3) is 0 Å². The lowest BCUT2D eigenvalue weighted by atomic mass is 10.0. The Hall–Kier alpha value is -1.75. The Balaban J connectivity index is 2.16.